The van der Waals surface area contributed by atoms with Crippen molar-refractivity contribution in [3.05, 3.63) is 23.8 Å². The van der Waals surface area contributed by atoms with Crippen LogP contribution in [0, 0.1) is 0 Å². The average Bonchev–Trinajstić information content (AvgIpc) is 2.42. The van der Waals surface area contributed by atoms with Crippen LogP contribution in [0.3, 0.4) is 0 Å². The predicted octanol–water partition coefficient (Wildman–Crippen LogP) is 4.15. The maximum atomic E-state index is 10.4. The summed E-state index contributed by atoms with van der Waals surface area (Å²) in [6, 6.07) is 5.39. The fourth-order valence-corrected chi connectivity index (χ4v) is 2.20. The van der Waals surface area contributed by atoms with Crippen molar-refractivity contribution in [3.63, 3.8) is 0 Å². The predicted molar refractivity (Wildman–Crippen MR) is 82.9 cm³/mol. The topological polar surface area (TPSA) is 66.8 Å². The first kappa shape index (κ1) is 17.3. The van der Waals surface area contributed by atoms with E-state index in [1.807, 2.05) is 6.07 Å². The van der Waals surface area contributed by atoms with Crippen LogP contribution in [0.2, 0.25) is 0 Å². The molecule has 0 atom stereocenters. The summed E-state index contributed by atoms with van der Waals surface area (Å²) in [6.07, 6.45) is 7.01. The molecule has 1 aromatic carbocycles. The number of rotatable bonds is 11. The van der Waals surface area contributed by atoms with Crippen LogP contribution in [0.15, 0.2) is 18.2 Å². The minimum absolute atomic E-state index is 0.216. The van der Waals surface area contributed by atoms with E-state index in [1.54, 1.807) is 12.1 Å². The highest BCUT2D eigenvalue weighted by atomic mass is 16.5. The van der Waals surface area contributed by atoms with Gasteiger partial charge in [0.2, 0.25) is 0 Å². The summed E-state index contributed by atoms with van der Waals surface area (Å²) in [6.45, 7) is 2.72. The molecule has 118 valence electrons. The fraction of sp³-hybridized carbons (Fsp3) is 0.588. The number of ether oxygens (including phenoxy) is 1. The summed E-state index contributed by atoms with van der Waals surface area (Å²) in [5, 5.41) is 18.2. The Labute approximate surface area is 126 Å². The summed E-state index contributed by atoms with van der Waals surface area (Å²) in [5.41, 5.74) is 1.10. The highest BCUT2D eigenvalue weighted by Gasteiger charge is 2.02. The van der Waals surface area contributed by atoms with Crippen molar-refractivity contribution in [3.8, 4) is 11.5 Å². The zero-order chi connectivity index (χ0) is 15.5. The van der Waals surface area contributed by atoms with Gasteiger partial charge in [0.25, 0.3) is 0 Å². The number of aryl methyl sites for hydroxylation is 1. The maximum absolute atomic E-state index is 10.4. The Morgan fingerprint density at radius 3 is 2.62 bits per heavy atom. The molecule has 0 saturated carbocycles. The lowest BCUT2D eigenvalue weighted by atomic mass is 10.1. The third kappa shape index (κ3) is 8.23. The number of phenols is 1. The molecule has 0 aliphatic carbocycles. The fourth-order valence-electron chi connectivity index (χ4n) is 2.20. The number of phenolic OH excluding ortho intramolecular Hbond substituents is 1. The molecule has 4 nitrogen and oxygen atoms in total. The van der Waals surface area contributed by atoms with Crippen LogP contribution in [-0.4, -0.2) is 22.8 Å². The molecular weight excluding hydrogens is 268 g/mol. The Morgan fingerprint density at radius 2 is 1.90 bits per heavy atom. The van der Waals surface area contributed by atoms with Gasteiger partial charge in [-0.25, -0.2) is 0 Å². The molecule has 0 aliphatic heterocycles. The number of carbonyl (C=O) groups is 1. The molecule has 0 radical (unpaired) electrons. The highest BCUT2D eigenvalue weighted by molar-refractivity contribution is 5.66. The van der Waals surface area contributed by atoms with Crippen molar-refractivity contribution in [1.82, 2.24) is 0 Å². The lowest BCUT2D eigenvalue weighted by Crippen LogP contribution is -1.99. The van der Waals surface area contributed by atoms with Gasteiger partial charge in [-0.05, 0) is 49.8 Å². The van der Waals surface area contributed by atoms with Crippen molar-refractivity contribution in [2.24, 2.45) is 0 Å². The van der Waals surface area contributed by atoms with Crippen LogP contribution >= 0.6 is 0 Å². The standard InChI is InChI=1S/C17H26O4/c1-2-3-5-8-14-11-15(18)13-16(12-14)21-10-7-4-6-9-17(19)20/h11-13,18H,2-10H2,1H3,(H,19,20). The van der Waals surface area contributed by atoms with E-state index in [1.165, 1.54) is 12.8 Å². The largest absolute Gasteiger partial charge is 0.508 e. The minimum atomic E-state index is -0.749. The molecule has 1 rings (SSSR count). The number of hydrogen-bond acceptors (Lipinski definition) is 3. The van der Waals surface area contributed by atoms with E-state index in [2.05, 4.69) is 6.92 Å². The first-order valence-electron chi connectivity index (χ1n) is 7.79. The molecule has 4 heteroatoms. The summed E-state index contributed by atoms with van der Waals surface area (Å²) in [7, 11) is 0. The van der Waals surface area contributed by atoms with Gasteiger partial charge in [0.1, 0.15) is 11.5 Å². The van der Waals surface area contributed by atoms with Gasteiger partial charge in [-0.3, -0.25) is 4.79 Å². The molecule has 1 aromatic rings. The smallest absolute Gasteiger partial charge is 0.303 e. The molecule has 0 spiro atoms. The Morgan fingerprint density at radius 1 is 1.10 bits per heavy atom. The maximum Gasteiger partial charge on any atom is 0.303 e. The Balaban J connectivity index is 2.31. The zero-order valence-corrected chi connectivity index (χ0v) is 12.8. The second-order valence-electron chi connectivity index (χ2n) is 5.35. The molecule has 0 unspecified atom stereocenters. The van der Waals surface area contributed by atoms with Gasteiger partial charge in [-0.15, -0.1) is 0 Å². The number of aromatic hydroxyl groups is 1. The number of carboxylic acids is 1. The van der Waals surface area contributed by atoms with Crippen molar-refractivity contribution in [2.45, 2.75) is 58.3 Å². The third-order valence-electron chi connectivity index (χ3n) is 3.32. The first-order valence-corrected chi connectivity index (χ1v) is 7.79. The SMILES string of the molecule is CCCCCc1cc(O)cc(OCCCCCC(=O)O)c1. The van der Waals surface area contributed by atoms with E-state index >= 15 is 0 Å². The highest BCUT2D eigenvalue weighted by Crippen LogP contribution is 2.23. The molecule has 21 heavy (non-hydrogen) atoms. The Kier molecular flexibility index (Phi) is 8.32. The van der Waals surface area contributed by atoms with Crippen LogP contribution in [-0.2, 0) is 11.2 Å². The van der Waals surface area contributed by atoms with E-state index in [0.717, 1.165) is 31.2 Å². The minimum Gasteiger partial charge on any atom is -0.508 e. The average molecular weight is 294 g/mol. The quantitative estimate of drug-likeness (QED) is 0.602. The molecule has 0 amide bonds. The second kappa shape index (κ2) is 10.1. The molecule has 0 aromatic heterocycles. The van der Waals surface area contributed by atoms with Gasteiger partial charge in [0, 0.05) is 12.5 Å². The van der Waals surface area contributed by atoms with Crippen LogP contribution in [0.4, 0.5) is 0 Å². The molecule has 2 N–H and O–H groups in total. The van der Waals surface area contributed by atoms with Gasteiger partial charge in [0.15, 0.2) is 0 Å². The van der Waals surface area contributed by atoms with Crippen LogP contribution in [0.5, 0.6) is 11.5 Å². The van der Waals surface area contributed by atoms with E-state index in [-0.39, 0.29) is 12.2 Å². The van der Waals surface area contributed by atoms with Gasteiger partial charge in [0.05, 0.1) is 6.61 Å². The Bertz CT molecular complexity index is 429. The van der Waals surface area contributed by atoms with Gasteiger partial charge < -0.3 is 14.9 Å². The summed E-state index contributed by atoms with van der Waals surface area (Å²) in [4.78, 5) is 10.4. The number of hydrogen-bond donors (Lipinski definition) is 2. The monoisotopic (exact) mass is 294 g/mol. The molecule has 0 saturated heterocycles. The van der Waals surface area contributed by atoms with Crippen molar-refractivity contribution in [2.75, 3.05) is 6.61 Å². The van der Waals surface area contributed by atoms with Gasteiger partial charge in [-0.2, -0.15) is 0 Å². The normalized spacial score (nSPS) is 10.5. The Hall–Kier alpha value is -1.71. The van der Waals surface area contributed by atoms with E-state index in [0.29, 0.717) is 18.8 Å². The third-order valence-corrected chi connectivity index (χ3v) is 3.32. The number of carboxylic acid groups (broad SMARTS) is 1. The summed E-state index contributed by atoms with van der Waals surface area (Å²) in [5.74, 6) is 0.185. The lowest BCUT2D eigenvalue weighted by molar-refractivity contribution is -0.137. The number of aliphatic carboxylic acids is 1. The van der Waals surface area contributed by atoms with Gasteiger partial charge in [-0.1, -0.05) is 19.8 Å². The number of unbranched alkanes of at least 4 members (excludes halogenated alkanes) is 4. The number of benzene rings is 1. The summed E-state index contributed by atoms with van der Waals surface area (Å²) >= 11 is 0. The summed E-state index contributed by atoms with van der Waals surface area (Å²) < 4.78 is 5.63. The van der Waals surface area contributed by atoms with Crippen LogP contribution < -0.4 is 4.74 Å². The lowest BCUT2D eigenvalue weighted by Gasteiger charge is -2.09. The van der Waals surface area contributed by atoms with E-state index in [9.17, 15) is 9.90 Å². The van der Waals surface area contributed by atoms with Gasteiger partial charge >= 0.3 is 5.97 Å². The van der Waals surface area contributed by atoms with Crippen LogP contribution in [0.1, 0.15) is 57.4 Å². The molecule has 0 aliphatic rings. The van der Waals surface area contributed by atoms with Crippen molar-refractivity contribution < 1.29 is 19.7 Å². The molecular formula is C17H26O4. The van der Waals surface area contributed by atoms with E-state index < -0.39 is 5.97 Å². The van der Waals surface area contributed by atoms with Crippen molar-refractivity contribution >= 4 is 5.97 Å². The van der Waals surface area contributed by atoms with Crippen LogP contribution in [0.25, 0.3) is 0 Å². The van der Waals surface area contributed by atoms with E-state index in [4.69, 9.17) is 9.84 Å². The first-order chi connectivity index (χ1) is 10.1. The molecule has 0 fully saturated rings. The van der Waals surface area contributed by atoms with Crippen molar-refractivity contribution in [1.29, 1.82) is 0 Å². The zero-order valence-electron chi connectivity index (χ0n) is 12.8. The second-order valence-corrected chi connectivity index (χ2v) is 5.35. The molecule has 0 heterocycles. The molecule has 0 bridgehead atoms.